The Kier molecular flexibility index (Phi) is 6.60. The van der Waals surface area contributed by atoms with Crippen molar-refractivity contribution in [1.29, 1.82) is 0 Å². The molecule has 0 aromatic heterocycles. The summed E-state index contributed by atoms with van der Waals surface area (Å²) in [7, 11) is 0. The predicted molar refractivity (Wildman–Crippen MR) is 89.0 cm³/mol. The zero-order chi connectivity index (χ0) is 19.6. The Morgan fingerprint density at radius 2 is 1.62 bits per heavy atom. The first-order valence-corrected chi connectivity index (χ1v) is 8.57. The quantitative estimate of drug-likeness (QED) is 0.371. The summed E-state index contributed by atoms with van der Waals surface area (Å²) < 4.78 is 24.5. The molecule has 0 bridgehead atoms. The summed E-state index contributed by atoms with van der Waals surface area (Å²) in [6.07, 6.45) is -4.28. The highest BCUT2D eigenvalue weighted by Gasteiger charge is 2.56. The molecular formula is C14H16Cl3NO8. The first-order chi connectivity index (χ1) is 12.0. The van der Waals surface area contributed by atoms with E-state index >= 15 is 0 Å². The molecule has 26 heavy (non-hydrogen) atoms. The van der Waals surface area contributed by atoms with Crippen molar-refractivity contribution in [3.63, 3.8) is 0 Å². The van der Waals surface area contributed by atoms with Gasteiger partial charge in [0.1, 0.15) is 12.7 Å². The van der Waals surface area contributed by atoms with Gasteiger partial charge < -0.3 is 23.7 Å². The number of carbonyl (C=O) groups excluding carboxylic acids is 3. The van der Waals surface area contributed by atoms with Gasteiger partial charge in [-0.15, -0.1) is 0 Å². The highest BCUT2D eigenvalue weighted by atomic mass is 35.6. The van der Waals surface area contributed by atoms with E-state index in [1.165, 1.54) is 20.8 Å². The summed E-state index contributed by atoms with van der Waals surface area (Å²) in [6.45, 7) is 3.26. The molecule has 0 saturated carbocycles. The maximum Gasteiger partial charge on any atom is 0.303 e. The standard InChI is InChI=1S/C14H16Cl3NO8/c1-5(19)22-4-8-10(23-6(2)20)11(24-7(3)21)9-12(25-8)26-13(18-9)14(15,16)17/h8-12H,4H2,1-3H3/t8?,9?,10-,11+,12-/m0/s1. The Labute approximate surface area is 163 Å². The molecule has 1 fully saturated rings. The van der Waals surface area contributed by atoms with Gasteiger partial charge in [0.25, 0.3) is 3.79 Å². The van der Waals surface area contributed by atoms with Gasteiger partial charge in [-0.2, -0.15) is 0 Å². The zero-order valence-electron chi connectivity index (χ0n) is 13.9. The zero-order valence-corrected chi connectivity index (χ0v) is 16.2. The fraction of sp³-hybridized carbons (Fsp3) is 0.714. The van der Waals surface area contributed by atoms with Crippen molar-refractivity contribution in [1.82, 2.24) is 0 Å². The normalized spacial score (nSPS) is 30.5. The summed E-state index contributed by atoms with van der Waals surface area (Å²) >= 11 is 17.3. The summed E-state index contributed by atoms with van der Waals surface area (Å²) in [6, 6.07) is -0.942. The number of hydrogen-bond acceptors (Lipinski definition) is 9. The molecule has 0 amide bonds. The fourth-order valence-corrected chi connectivity index (χ4v) is 2.82. The second-order valence-electron chi connectivity index (χ2n) is 5.53. The maximum atomic E-state index is 11.5. The molecule has 0 spiro atoms. The number of ether oxygens (including phenoxy) is 5. The highest BCUT2D eigenvalue weighted by Crippen LogP contribution is 2.38. The van der Waals surface area contributed by atoms with Gasteiger partial charge in [-0.3, -0.25) is 14.4 Å². The van der Waals surface area contributed by atoms with Crippen molar-refractivity contribution >= 4 is 58.6 Å². The lowest BCUT2D eigenvalue weighted by Crippen LogP contribution is -2.60. The molecule has 5 atom stereocenters. The highest BCUT2D eigenvalue weighted by molar-refractivity contribution is 6.76. The van der Waals surface area contributed by atoms with E-state index in [0.29, 0.717) is 0 Å². The number of esters is 3. The van der Waals surface area contributed by atoms with Crippen molar-refractivity contribution in [2.75, 3.05) is 6.61 Å². The number of alkyl halides is 3. The number of aliphatic imine (C=N–C) groups is 1. The summed E-state index contributed by atoms with van der Waals surface area (Å²) in [5.41, 5.74) is 0. The van der Waals surface area contributed by atoms with Crippen LogP contribution in [-0.4, -0.2) is 64.8 Å². The Morgan fingerprint density at radius 3 is 2.12 bits per heavy atom. The number of hydrogen-bond donors (Lipinski definition) is 0. The van der Waals surface area contributed by atoms with Gasteiger partial charge in [0, 0.05) is 20.8 Å². The molecule has 2 unspecified atom stereocenters. The lowest BCUT2D eigenvalue weighted by Gasteiger charge is -2.40. The van der Waals surface area contributed by atoms with Gasteiger partial charge in [0.15, 0.2) is 18.2 Å². The van der Waals surface area contributed by atoms with E-state index in [9.17, 15) is 14.4 Å². The first kappa shape index (κ1) is 21.0. The average molecular weight is 433 g/mol. The van der Waals surface area contributed by atoms with Crippen molar-refractivity contribution in [2.45, 2.75) is 55.2 Å². The van der Waals surface area contributed by atoms with E-state index in [2.05, 4.69) is 4.99 Å². The van der Waals surface area contributed by atoms with Crippen molar-refractivity contribution in [2.24, 2.45) is 4.99 Å². The SMILES string of the molecule is CC(=O)OCC1O[C@H]2OC(C(Cl)(Cl)Cl)=NC2[C@@H](OC(C)=O)[C@H]1OC(C)=O. The van der Waals surface area contributed by atoms with E-state index in [0.717, 1.165) is 0 Å². The Balaban J connectivity index is 2.34. The molecule has 0 aromatic rings. The van der Waals surface area contributed by atoms with Gasteiger partial charge in [0.05, 0.1) is 0 Å². The first-order valence-electron chi connectivity index (χ1n) is 7.44. The molecule has 2 aliphatic heterocycles. The van der Waals surface area contributed by atoms with Crippen LogP contribution < -0.4 is 0 Å². The second kappa shape index (κ2) is 8.16. The third-order valence-corrected chi connectivity index (χ3v) is 3.89. The van der Waals surface area contributed by atoms with Crippen LogP contribution in [0.25, 0.3) is 0 Å². The lowest BCUT2D eigenvalue weighted by molar-refractivity contribution is -0.249. The molecule has 2 rings (SSSR count). The van der Waals surface area contributed by atoms with Gasteiger partial charge in [0.2, 0.25) is 12.2 Å². The molecule has 2 aliphatic rings. The molecule has 1 saturated heterocycles. The fourth-order valence-electron chi connectivity index (χ4n) is 2.54. The van der Waals surface area contributed by atoms with Crippen LogP contribution in [-0.2, 0) is 38.1 Å². The van der Waals surface area contributed by atoms with Crippen LogP contribution in [0.4, 0.5) is 0 Å². The number of fused-ring (bicyclic) bond motifs is 1. The molecule has 0 aromatic carbocycles. The number of carbonyl (C=O) groups is 3. The van der Waals surface area contributed by atoms with E-state index in [4.69, 9.17) is 58.5 Å². The molecule has 2 heterocycles. The summed E-state index contributed by atoms with van der Waals surface area (Å²) in [5, 5.41) is 0. The van der Waals surface area contributed by atoms with Gasteiger partial charge in [-0.05, 0) is 0 Å². The minimum atomic E-state index is -1.97. The third-order valence-electron chi connectivity index (χ3n) is 3.41. The third kappa shape index (κ3) is 5.12. The van der Waals surface area contributed by atoms with E-state index in [1.807, 2.05) is 0 Å². The van der Waals surface area contributed by atoms with Crippen LogP contribution in [0.5, 0.6) is 0 Å². The molecule has 12 heteroatoms. The number of nitrogens with zero attached hydrogens (tertiary/aromatic N) is 1. The molecule has 0 aliphatic carbocycles. The minimum absolute atomic E-state index is 0.260. The van der Waals surface area contributed by atoms with Gasteiger partial charge in [-0.1, -0.05) is 34.8 Å². The van der Waals surface area contributed by atoms with Crippen molar-refractivity contribution in [3.8, 4) is 0 Å². The van der Waals surface area contributed by atoms with Crippen LogP contribution in [0.1, 0.15) is 20.8 Å². The van der Waals surface area contributed by atoms with Gasteiger partial charge in [-0.25, -0.2) is 4.99 Å². The van der Waals surface area contributed by atoms with Crippen molar-refractivity contribution in [3.05, 3.63) is 0 Å². The van der Waals surface area contributed by atoms with Crippen LogP contribution >= 0.6 is 34.8 Å². The monoisotopic (exact) mass is 431 g/mol. The number of halogens is 3. The molecular weight excluding hydrogens is 417 g/mol. The molecule has 146 valence electrons. The number of rotatable bonds is 4. The van der Waals surface area contributed by atoms with E-state index in [1.54, 1.807) is 0 Å². The van der Waals surface area contributed by atoms with Crippen molar-refractivity contribution < 1.29 is 38.1 Å². The summed E-state index contributed by atoms with van der Waals surface area (Å²) in [5.74, 6) is -2.15. The smallest absolute Gasteiger partial charge is 0.303 e. The Hall–Kier alpha value is -1.29. The van der Waals surface area contributed by atoms with Crippen LogP contribution in [0.2, 0.25) is 0 Å². The molecule has 0 radical (unpaired) electrons. The average Bonchev–Trinajstić information content (AvgIpc) is 2.90. The Bertz CT molecular complexity index is 620. The van der Waals surface area contributed by atoms with E-state index < -0.39 is 52.3 Å². The largest absolute Gasteiger partial charge is 0.463 e. The second-order valence-corrected chi connectivity index (χ2v) is 7.82. The van der Waals surface area contributed by atoms with Crippen LogP contribution in [0, 0.1) is 0 Å². The predicted octanol–water partition coefficient (Wildman–Crippen LogP) is 1.31. The topological polar surface area (TPSA) is 110 Å². The lowest BCUT2D eigenvalue weighted by atomic mass is 9.97. The molecule has 9 nitrogen and oxygen atoms in total. The van der Waals surface area contributed by atoms with Crippen LogP contribution in [0.15, 0.2) is 4.99 Å². The minimum Gasteiger partial charge on any atom is -0.463 e. The maximum absolute atomic E-state index is 11.5. The van der Waals surface area contributed by atoms with Crippen LogP contribution in [0.3, 0.4) is 0 Å². The van der Waals surface area contributed by atoms with E-state index in [-0.39, 0.29) is 12.5 Å². The summed E-state index contributed by atoms with van der Waals surface area (Å²) in [4.78, 5) is 38.2. The Morgan fingerprint density at radius 1 is 1.04 bits per heavy atom. The molecule has 0 N–H and O–H groups in total. The van der Waals surface area contributed by atoms with Gasteiger partial charge >= 0.3 is 17.9 Å².